The Balaban J connectivity index is 0.00000289. The van der Waals surface area contributed by atoms with Crippen molar-refractivity contribution in [1.29, 1.82) is 0 Å². The molecule has 1 saturated carbocycles. The van der Waals surface area contributed by atoms with E-state index in [1.54, 1.807) is 7.05 Å². The highest BCUT2D eigenvalue weighted by Gasteiger charge is 2.31. The summed E-state index contributed by atoms with van der Waals surface area (Å²) < 4.78 is 24.1. The van der Waals surface area contributed by atoms with E-state index in [9.17, 15) is 8.78 Å². The summed E-state index contributed by atoms with van der Waals surface area (Å²) in [6, 6.07) is 0. The summed E-state index contributed by atoms with van der Waals surface area (Å²) in [7, 11) is 1.61. The first-order chi connectivity index (χ1) is 8.12. The van der Waals surface area contributed by atoms with E-state index in [1.165, 1.54) is 25.7 Å². The highest BCUT2D eigenvalue weighted by Crippen LogP contribution is 2.40. The van der Waals surface area contributed by atoms with Crippen molar-refractivity contribution in [2.24, 2.45) is 10.4 Å². The molecule has 3 nitrogen and oxygen atoms in total. The number of aliphatic imine (C=N–C) groups is 1. The van der Waals surface area contributed by atoms with Crippen molar-refractivity contribution in [3.05, 3.63) is 0 Å². The van der Waals surface area contributed by atoms with E-state index in [0.717, 1.165) is 13.0 Å². The summed E-state index contributed by atoms with van der Waals surface area (Å²) >= 11 is 0. The van der Waals surface area contributed by atoms with Gasteiger partial charge in [-0.3, -0.25) is 4.99 Å². The summed E-state index contributed by atoms with van der Waals surface area (Å²) in [6.45, 7) is 2.67. The van der Waals surface area contributed by atoms with Crippen LogP contribution in [-0.2, 0) is 0 Å². The van der Waals surface area contributed by atoms with Gasteiger partial charge in [-0.15, -0.1) is 24.0 Å². The summed E-state index contributed by atoms with van der Waals surface area (Å²) in [5, 5.41) is 5.79. The van der Waals surface area contributed by atoms with Crippen molar-refractivity contribution in [3.63, 3.8) is 0 Å². The molecule has 0 bridgehead atoms. The first-order valence-corrected chi connectivity index (χ1v) is 6.34. The SMILES string of the molecule is CCC1(CNC(=NC)NCC(F)F)CCCC1.I. The van der Waals surface area contributed by atoms with E-state index in [1.807, 2.05) is 0 Å². The van der Waals surface area contributed by atoms with Gasteiger partial charge in [-0.05, 0) is 24.7 Å². The van der Waals surface area contributed by atoms with E-state index in [0.29, 0.717) is 11.4 Å². The second-order valence-corrected chi connectivity index (χ2v) is 4.76. The van der Waals surface area contributed by atoms with Crippen molar-refractivity contribution < 1.29 is 8.78 Å². The number of nitrogens with zero attached hydrogens (tertiary/aromatic N) is 1. The molecule has 0 aromatic carbocycles. The van der Waals surface area contributed by atoms with Gasteiger partial charge >= 0.3 is 0 Å². The smallest absolute Gasteiger partial charge is 0.255 e. The van der Waals surface area contributed by atoms with Gasteiger partial charge < -0.3 is 10.6 Å². The van der Waals surface area contributed by atoms with Gasteiger partial charge in [0.1, 0.15) is 0 Å². The fourth-order valence-electron chi connectivity index (χ4n) is 2.45. The van der Waals surface area contributed by atoms with Crippen LogP contribution in [0.5, 0.6) is 0 Å². The first-order valence-electron chi connectivity index (χ1n) is 6.34. The van der Waals surface area contributed by atoms with E-state index in [2.05, 4.69) is 22.5 Å². The van der Waals surface area contributed by atoms with Crippen molar-refractivity contribution in [2.75, 3.05) is 20.1 Å². The molecule has 18 heavy (non-hydrogen) atoms. The molecule has 6 heteroatoms. The van der Waals surface area contributed by atoms with E-state index >= 15 is 0 Å². The number of nitrogens with one attached hydrogen (secondary N) is 2. The standard InChI is InChI=1S/C12H23F2N3.HI/c1-3-12(6-4-5-7-12)9-17-11(15-2)16-8-10(13)14;/h10H,3-9H2,1-2H3,(H2,15,16,17);1H. The number of rotatable bonds is 5. The Hall–Kier alpha value is -0.140. The highest BCUT2D eigenvalue weighted by atomic mass is 127. The molecule has 0 heterocycles. The van der Waals surface area contributed by atoms with Gasteiger partial charge in [0.05, 0.1) is 6.54 Å². The molecule has 1 rings (SSSR count). The van der Waals surface area contributed by atoms with Crippen molar-refractivity contribution in [2.45, 2.75) is 45.5 Å². The minimum atomic E-state index is -2.35. The maximum atomic E-state index is 12.1. The lowest BCUT2D eigenvalue weighted by Gasteiger charge is -2.28. The molecule has 2 N–H and O–H groups in total. The molecule has 0 saturated heterocycles. The lowest BCUT2D eigenvalue weighted by atomic mass is 9.83. The molecule has 0 aromatic heterocycles. The van der Waals surface area contributed by atoms with Crippen LogP contribution >= 0.6 is 24.0 Å². The quantitative estimate of drug-likeness (QED) is 0.440. The van der Waals surface area contributed by atoms with Crippen LogP contribution in [-0.4, -0.2) is 32.5 Å². The molecular formula is C12H24F2IN3. The fourth-order valence-corrected chi connectivity index (χ4v) is 2.45. The Morgan fingerprint density at radius 2 is 1.89 bits per heavy atom. The normalized spacial score (nSPS) is 18.6. The summed E-state index contributed by atoms with van der Waals surface area (Å²) in [5.74, 6) is 0.477. The molecule has 0 amide bonds. The molecule has 0 unspecified atom stereocenters. The predicted octanol–water partition coefficient (Wildman–Crippen LogP) is 3.00. The van der Waals surface area contributed by atoms with Crippen molar-refractivity contribution >= 4 is 29.9 Å². The fraction of sp³-hybridized carbons (Fsp3) is 0.917. The summed E-state index contributed by atoms with van der Waals surface area (Å²) in [6.07, 6.45) is 3.79. The van der Waals surface area contributed by atoms with Crippen molar-refractivity contribution in [1.82, 2.24) is 10.6 Å². The van der Waals surface area contributed by atoms with Crippen LogP contribution in [0.2, 0.25) is 0 Å². The Labute approximate surface area is 125 Å². The monoisotopic (exact) mass is 375 g/mol. The average molecular weight is 375 g/mol. The molecule has 1 aliphatic rings. The second kappa shape index (κ2) is 8.87. The third kappa shape index (κ3) is 5.67. The molecule has 0 spiro atoms. The van der Waals surface area contributed by atoms with Crippen LogP contribution in [0, 0.1) is 5.41 Å². The van der Waals surface area contributed by atoms with Crippen LogP contribution < -0.4 is 10.6 Å². The van der Waals surface area contributed by atoms with Gasteiger partial charge in [-0.2, -0.15) is 0 Å². The molecule has 0 atom stereocenters. The van der Waals surface area contributed by atoms with Gasteiger partial charge in [-0.1, -0.05) is 19.8 Å². The summed E-state index contributed by atoms with van der Waals surface area (Å²) in [5.41, 5.74) is 0.336. The van der Waals surface area contributed by atoms with Gasteiger partial charge in [0.15, 0.2) is 5.96 Å². The van der Waals surface area contributed by atoms with Crippen molar-refractivity contribution in [3.8, 4) is 0 Å². The lowest BCUT2D eigenvalue weighted by Crippen LogP contribution is -2.44. The van der Waals surface area contributed by atoms with Gasteiger partial charge in [-0.25, -0.2) is 8.78 Å². The van der Waals surface area contributed by atoms with Crippen LogP contribution in [0.4, 0.5) is 8.78 Å². The average Bonchev–Trinajstić information content (AvgIpc) is 2.78. The number of hydrogen-bond donors (Lipinski definition) is 2. The maximum absolute atomic E-state index is 12.1. The van der Waals surface area contributed by atoms with Gasteiger partial charge in [0.2, 0.25) is 0 Å². The molecule has 0 aromatic rings. The summed E-state index contributed by atoms with van der Waals surface area (Å²) in [4.78, 5) is 3.95. The minimum Gasteiger partial charge on any atom is -0.356 e. The lowest BCUT2D eigenvalue weighted by molar-refractivity contribution is 0.152. The van der Waals surface area contributed by atoms with Crippen LogP contribution in [0.3, 0.4) is 0 Å². The number of halogens is 3. The number of alkyl halides is 2. The number of guanidine groups is 1. The highest BCUT2D eigenvalue weighted by molar-refractivity contribution is 14.0. The van der Waals surface area contributed by atoms with Crippen LogP contribution in [0.1, 0.15) is 39.0 Å². The molecule has 1 fully saturated rings. The van der Waals surface area contributed by atoms with E-state index in [4.69, 9.17) is 0 Å². The molecular weight excluding hydrogens is 351 g/mol. The molecule has 0 aliphatic heterocycles. The molecule has 108 valence electrons. The second-order valence-electron chi connectivity index (χ2n) is 4.76. The molecule has 1 aliphatic carbocycles. The third-order valence-corrected chi connectivity index (χ3v) is 3.69. The van der Waals surface area contributed by atoms with Gasteiger partial charge in [0, 0.05) is 13.6 Å². The van der Waals surface area contributed by atoms with Crippen LogP contribution in [0.25, 0.3) is 0 Å². The van der Waals surface area contributed by atoms with E-state index in [-0.39, 0.29) is 30.5 Å². The Morgan fingerprint density at radius 1 is 1.28 bits per heavy atom. The Bertz CT molecular complexity index is 254. The zero-order chi connectivity index (χ0) is 12.7. The maximum Gasteiger partial charge on any atom is 0.255 e. The van der Waals surface area contributed by atoms with Gasteiger partial charge in [0.25, 0.3) is 6.43 Å². The molecule has 0 radical (unpaired) electrons. The minimum absolute atomic E-state index is 0. The first kappa shape index (κ1) is 17.9. The topological polar surface area (TPSA) is 36.4 Å². The number of hydrogen-bond acceptors (Lipinski definition) is 1. The third-order valence-electron chi connectivity index (χ3n) is 3.69. The zero-order valence-electron chi connectivity index (χ0n) is 11.1. The zero-order valence-corrected chi connectivity index (χ0v) is 13.5. The Morgan fingerprint density at radius 3 is 2.33 bits per heavy atom. The van der Waals surface area contributed by atoms with E-state index < -0.39 is 6.43 Å². The largest absolute Gasteiger partial charge is 0.356 e. The Kier molecular flexibility index (Phi) is 8.81. The predicted molar refractivity (Wildman–Crippen MR) is 82.0 cm³/mol. The van der Waals surface area contributed by atoms with Crippen LogP contribution in [0.15, 0.2) is 4.99 Å².